The van der Waals surface area contributed by atoms with Gasteiger partial charge in [-0.25, -0.2) is 24.0 Å². The summed E-state index contributed by atoms with van der Waals surface area (Å²) in [7, 11) is 2.10. The fourth-order valence-electron chi connectivity index (χ4n) is 3.45. The molecule has 3 rings (SSSR count). The normalized spacial score (nSPS) is 15.0. The second-order valence-electron chi connectivity index (χ2n) is 7.98. The highest BCUT2D eigenvalue weighted by Gasteiger charge is 2.27. The first kappa shape index (κ1) is 31.5. The SMILES string of the molecule is CCOC(=O)c1c(NC(=O)CN2CCN(C)CC2)sc2c1CCCC2.O=C(O)C(=O)O.O=C(O)C(=O)O. The summed E-state index contributed by atoms with van der Waals surface area (Å²) >= 11 is 1.55. The molecule has 0 saturated carbocycles. The van der Waals surface area contributed by atoms with E-state index in [-0.39, 0.29) is 11.9 Å². The Bertz CT molecular complexity index is 952. The number of hydrogen-bond acceptors (Lipinski definition) is 10. The monoisotopic (exact) mass is 545 g/mol. The number of aryl methyl sites for hydroxylation is 1. The number of hydrogen-bond donors (Lipinski definition) is 5. The molecule has 0 bridgehead atoms. The van der Waals surface area contributed by atoms with Crippen molar-refractivity contribution >= 4 is 52.1 Å². The van der Waals surface area contributed by atoms with E-state index >= 15 is 0 Å². The van der Waals surface area contributed by atoms with Crippen molar-refractivity contribution in [3.8, 4) is 0 Å². The number of carbonyl (C=O) groups excluding carboxylic acids is 2. The molecule has 2 aliphatic rings. The zero-order valence-electron chi connectivity index (χ0n) is 20.5. The summed E-state index contributed by atoms with van der Waals surface area (Å²) in [6, 6.07) is 0. The third-order valence-corrected chi connectivity index (χ3v) is 6.44. The molecular weight excluding hydrogens is 514 g/mol. The fraction of sp³-hybridized carbons (Fsp3) is 0.545. The van der Waals surface area contributed by atoms with Crippen LogP contribution in [0.5, 0.6) is 0 Å². The van der Waals surface area contributed by atoms with Crippen LogP contribution >= 0.6 is 11.3 Å². The van der Waals surface area contributed by atoms with Gasteiger partial charge in [0.1, 0.15) is 5.00 Å². The minimum Gasteiger partial charge on any atom is -0.473 e. The lowest BCUT2D eigenvalue weighted by atomic mass is 9.95. The number of ether oxygens (including phenoxy) is 1. The minimum absolute atomic E-state index is 0.0475. The molecule has 1 amide bonds. The quantitative estimate of drug-likeness (QED) is 0.249. The zero-order valence-corrected chi connectivity index (χ0v) is 21.3. The van der Waals surface area contributed by atoms with Crippen LogP contribution in [0.3, 0.4) is 0 Å². The number of carboxylic acids is 4. The maximum atomic E-state index is 12.5. The molecule has 1 aromatic heterocycles. The van der Waals surface area contributed by atoms with Gasteiger partial charge in [0.05, 0.1) is 18.7 Å². The number of amides is 1. The van der Waals surface area contributed by atoms with Crippen LogP contribution in [0, 0.1) is 0 Å². The van der Waals surface area contributed by atoms with E-state index in [4.69, 9.17) is 44.3 Å². The van der Waals surface area contributed by atoms with Crippen molar-refractivity contribution in [3.05, 3.63) is 16.0 Å². The summed E-state index contributed by atoms with van der Waals surface area (Å²) < 4.78 is 5.24. The molecule has 1 fully saturated rings. The molecule has 37 heavy (non-hydrogen) atoms. The van der Waals surface area contributed by atoms with Crippen LogP contribution in [-0.4, -0.2) is 112 Å². The van der Waals surface area contributed by atoms with Gasteiger partial charge in [-0.3, -0.25) is 9.69 Å². The van der Waals surface area contributed by atoms with Crippen molar-refractivity contribution in [1.29, 1.82) is 0 Å². The van der Waals surface area contributed by atoms with Crippen LogP contribution in [0.4, 0.5) is 5.00 Å². The fourth-order valence-corrected chi connectivity index (χ4v) is 4.74. The molecule has 5 N–H and O–H groups in total. The Labute approximate surface area is 216 Å². The average Bonchev–Trinajstić information content (AvgIpc) is 3.19. The number of piperazine rings is 1. The van der Waals surface area contributed by atoms with E-state index in [1.165, 1.54) is 4.88 Å². The third-order valence-electron chi connectivity index (χ3n) is 5.23. The number of esters is 1. The lowest BCUT2D eigenvalue weighted by molar-refractivity contribution is -0.159. The van der Waals surface area contributed by atoms with Gasteiger partial charge in [0, 0.05) is 31.1 Å². The second kappa shape index (κ2) is 15.5. The predicted molar refractivity (Wildman–Crippen MR) is 130 cm³/mol. The maximum Gasteiger partial charge on any atom is 0.414 e. The first-order chi connectivity index (χ1) is 17.4. The molecule has 0 radical (unpaired) electrons. The van der Waals surface area contributed by atoms with E-state index in [0.717, 1.165) is 57.4 Å². The minimum atomic E-state index is -1.82. The largest absolute Gasteiger partial charge is 0.473 e. The highest BCUT2D eigenvalue weighted by atomic mass is 32.1. The molecule has 1 saturated heterocycles. The molecule has 0 unspecified atom stereocenters. The second-order valence-corrected chi connectivity index (χ2v) is 9.09. The van der Waals surface area contributed by atoms with Gasteiger partial charge in [-0.1, -0.05) is 0 Å². The lowest BCUT2D eigenvalue weighted by Gasteiger charge is -2.31. The third kappa shape index (κ3) is 10.9. The molecule has 15 heteroatoms. The highest BCUT2D eigenvalue weighted by Crippen LogP contribution is 2.38. The van der Waals surface area contributed by atoms with Crippen LogP contribution in [0.15, 0.2) is 0 Å². The van der Waals surface area contributed by atoms with Crippen LogP contribution in [0.25, 0.3) is 0 Å². The summed E-state index contributed by atoms with van der Waals surface area (Å²) in [5, 5.41) is 33.2. The number of anilines is 1. The van der Waals surface area contributed by atoms with Crippen molar-refractivity contribution in [2.75, 3.05) is 51.7 Å². The Morgan fingerprint density at radius 2 is 1.38 bits per heavy atom. The number of rotatable bonds is 5. The van der Waals surface area contributed by atoms with Crippen molar-refractivity contribution in [2.24, 2.45) is 0 Å². The van der Waals surface area contributed by atoms with Gasteiger partial charge in [0.15, 0.2) is 0 Å². The predicted octanol–water partition coefficient (Wildman–Crippen LogP) is 0.301. The van der Waals surface area contributed by atoms with Crippen LogP contribution in [0.2, 0.25) is 0 Å². The standard InChI is InChI=1S/C18H27N3O3S.2C2H2O4/c1-3-24-18(23)16-13-6-4-5-7-14(13)25-17(16)19-15(22)12-21-10-8-20(2)9-11-21;2*3-1(4)2(5)6/h3-12H2,1-2H3,(H,19,22);2*(H,3,4)(H,5,6). The van der Waals surface area contributed by atoms with E-state index in [9.17, 15) is 9.59 Å². The van der Waals surface area contributed by atoms with E-state index in [0.29, 0.717) is 23.7 Å². The number of likely N-dealkylation sites (N-methyl/N-ethyl adjacent to an activating group) is 1. The molecule has 0 atom stereocenters. The maximum absolute atomic E-state index is 12.5. The van der Waals surface area contributed by atoms with Crippen molar-refractivity contribution in [1.82, 2.24) is 9.80 Å². The first-order valence-corrected chi connectivity index (χ1v) is 12.1. The lowest BCUT2D eigenvalue weighted by Crippen LogP contribution is -2.47. The number of nitrogens with zero attached hydrogens (tertiary/aromatic N) is 2. The summed E-state index contributed by atoms with van der Waals surface area (Å²) in [4.78, 5) is 67.0. The van der Waals surface area contributed by atoms with E-state index in [1.54, 1.807) is 11.3 Å². The molecule has 0 spiro atoms. The zero-order chi connectivity index (χ0) is 28.1. The van der Waals surface area contributed by atoms with Gasteiger partial charge in [0.25, 0.3) is 0 Å². The van der Waals surface area contributed by atoms with Crippen LogP contribution < -0.4 is 5.32 Å². The number of nitrogens with one attached hydrogen (secondary N) is 1. The van der Waals surface area contributed by atoms with Gasteiger partial charge in [0.2, 0.25) is 5.91 Å². The Balaban J connectivity index is 0.000000476. The van der Waals surface area contributed by atoms with E-state index < -0.39 is 23.9 Å². The van der Waals surface area contributed by atoms with Gasteiger partial charge in [-0.2, -0.15) is 0 Å². The van der Waals surface area contributed by atoms with Crippen LogP contribution in [0.1, 0.15) is 40.6 Å². The molecular formula is C22H31N3O11S. The smallest absolute Gasteiger partial charge is 0.414 e. The topological polar surface area (TPSA) is 211 Å². The first-order valence-electron chi connectivity index (χ1n) is 11.3. The Morgan fingerprint density at radius 3 is 1.86 bits per heavy atom. The number of aliphatic carboxylic acids is 4. The van der Waals surface area contributed by atoms with Crippen LogP contribution in [-0.2, 0) is 41.6 Å². The van der Waals surface area contributed by atoms with Gasteiger partial charge in [-0.05, 0) is 45.2 Å². The van der Waals surface area contributed by atoms with Gasteiger partial charge in [-0.15, -0.1) is 11.3 Å². The van der Waals surface area contributed by atoms with Crippen molar-refractivity contribution in [2.45, 2.75) is 32.6 Å². The Hall–Kier alpha value is -3.56. The van der Waals surface area contributed by atoms with E-state index in [1.807, 2.05) is 6.92 Å². The number of carboxylic acid groups (broad SMARTS) is 4. The van der Waals surface area contributed by atoms with Crippen molar-refractivity contribution < 1.29 is 53.9 Å². The summed E-state index contributed by atoms with van der Waals surface area (Å²) in [6.07, 6.45) is 4.12. The number of fused-ring (bicyclic) bond motifs is 1. The van der Waals surface area contributed by atoms with E-state index in [2.05, 4.69) is 22.2 Å². The highest BCUT2D eigenvalue weighted by molar-refractivity contribution is 7.17. The molecule has 14 nitrogen and oxygen atoms in total. The van der Waals surface area contributed by atoms with Gasteiger partial charge >= 0.3 is 29.8 Å². The molecule has 206 valence electrons. The number of thiophene rings is 1. The van der Waals surface area contributed by atoms with Gasteiger partial charge < -0.3 is 35.4 Å². The summed E-state index contributed by atoms with van der Waals surface area (Å²) in [5.41, 5.74) is 1.68. The molecule has 2 heterocycles. The summed E-state index contributed by atoms with van der Waals surface area (Å²) in [5.74, 6) is -7.65. The molecule has 1 aromatic rings. The summed E-state index contributed by atoms with van der Waals surface area (Å²) in [6.45, 7) is 6.29. The molecule has 1 aliphatic heterocycles. The average molecular weight is 546 g/mol. The van der Waals surface area contributed by atoms with Crippen molar-refractivity contribution in [3.63, 3.8) is 0 Å². The Morgan fingerprint density at radius 1 is 0.865 bits per heavy atom. The Kier molecular flexibility index (Phi) is 13.2. The number of carbonyl (C=O) groups is 6. The molecule has 1 aliphatic carbocycles. The molecule has 0 aromatic carbocycles.